The molecule has 0 fully saturated rings. The van der Waals surface area contributed by atoms with Crippen LogP contribution >= 0.6 is 0 Å². The van der Waals surface area contributed by atoms with Crippen LogP contribution in [0.4, 0.5) is 14.5 Å². The minimum atomic E-state index is -2.41. The Bertz CT molecular complexity index is 355. The van der Waals surface area contributed by atoms with Crippen molar-refractivity contribution in [2.75, 3.05) is 24.6 Å². The van der Waals surface area contributed by atoms with Crippen LogP contribution in [0.25, 0.3) is 0 Å². The van der Waals surface area contributed by atoms with E-state index in [0.717, 1.165) is 12.1 Å². The largest absolute Gasteiger partial charge is 0.395 e. The number of aliphatic hydroxyl groups is 1. The number of hydrogen-bond acceptors (Lipinski definition) is 3. The molecule has 19 heavy (non-hydrogen) atoms. The average Bonchev–Trinajstić information content (AvgIpc) is 2.36. The number of halogens is 2. The van der Waals surface area contributed by atoms with Crippen molar-refractivity contribution in [2.45, 2.75) is 32.9 Å². The lowest BCUT2D eigenvalue weighted by atomic mass is 10.2. The summed E-state index contributed by atoms with van der Waals surface area (Å²) in [5.41, 5.74) is 1.82. The molecule has 3 nitrogen and oxygen atoms in total. The summed E-state index contributed by atoms with van der Waals surface area (Å²) in [5, 5.41) is 12.2. The summed E-state index contributed by atoms with van der Waals surface area (Å²) in [6.45, 7) is 4.62. The van der Waals surface area contributed by atoms with Crippen LogP contribution in [0.2, 0.25) is 0 Å². The molecule has 0 aliphatic rings. The van der Waals surface area contributed by atoms with Crippen LogP contribution in [-0.2, 0) is 6.54 Å². The van der Waals surface area contributed by atoms with Gasteiger partial charge in [0.15, 0.2) is 0 Å². The molecule has 0 spiro atoms. The monoisotopic (exact) mass is 272 g/mol. The molecule has 0 amide bonds. The summed E-state index contributed by atoms with van der Waals surface area (Å²) in [6, 6.07) is 7.87. The predicted octanol–water partition coefficient (Wildman–Crippen LogP) is 2.25. The van der Waals surface area contributed by atoms with Crippen molar-refractivity contribution in [3.05, 3.63) is 29.8 Å². The van der Waals surface area contributed by atoms with E-state index in [2.05, 4.69) is 19.2 Å². The van der Waals surface area contributed by atoms with Gasteiger partial charge in [-0.25, -0.2) is 8.78 Å². The van der Waals surface area contributed by atoms with E-state index in [9.17, 15) is 8.78 Å². The molecule has 0 unspecified atom stereocenters. The summed E-state index contributed by atoms with van der Waals surface area (Å²) in [6.07, 6.45) is -2.41. The molecule has 0 aromatic heterocycles. The number of benzene rings is 1. The quantitative estimate of drug-likeness (QED) is 0.762. The van der Waals surface area contributed by atoms with E-state index in [1.165, 1.54) is 4.90 Å². The van der Waals surface area contributed by atoms with E-state index in [-0.39, 0.29) is 19.7 Å². The van der Waals surface area contributed by atoms with Gasteiger partial charge in [-0.1, -0.05) is 26.0 Å². The van der Waals surface area contributed by atoms with Crippen LogP contribution < -0.4 is 10.2 Å². The Labute approximate surface area is 113 Å². The van der Waals surface area contributed by atoms with E-state index in [1.807, 2.05) is 24.3 Å². The Kier molecular flexibility index (Phi) is 6.73. The Balaban J connectivity index is 2.66. The minimum Gasteiger partial charge on any atom is -0.395 e. The first-order chi connectivity index (χ1) is 9.02. The van der Waals surface area contributed by atoms with Crippen LogP contribution in [0.3, 0.4) is 0 Å². The Morgan fingerprint density at radius 3 is 2.32 bits per heavy atom. The number of nitrogens with zero attached hydrogens (tertiary/aromatic N) is 1. The van der Waals surface area contributed by atoms with E-state index in [0.29, 0.717) is 11.7 Å². The van der Waals surface area contributed by atoms with Crippen LogP contribution in [-0.4, -0.2) is 37.3 Å². The standard InChI is InChI=1S/C14H22F2N2O/c1-11(2)17-9-12-3-5-13(6-4-12)18(7-8-19)10-14(15)16/h3-6,11,14,17,19H,7-10H2,1-2H3. The number of nitrogens with one attached hydrogen (secondary N) is 1. The fraction of sp³-hybridized carbons (Fsp3) is 0.571. The lowest BCUT2D eigenvalue weighted by Crippen LogP contribution is -2.31. The highest BCUT2D eigenvalue weighted by molar-refractivity contribution is 5.47. The Morgan fingerprint density at radius 1 is 1.21 bits per heavy atom. The first-order valence-electron chi connectivity index (χ1n) is 6.49. The third-order valence-electron chi connectivity index (χ3n) is 2.74. The fourth-order valence-electron chi connectivity index (χ4n) is 1.76. The van der Waals surface area contributed by atoms with Crippen LogP contribution in [0, 0.1) is 0 Å². The number of rotatable bonds is 8. The summed E-state index contributed by atoms with van der Waals surface area (Å²) in [7, 11) is 0. The molecule has 0 saturated carbocycles. The maximum Gasteiger partial charge on any atom is 0.255 e. The Hall–Kier alpha value is -1.20. The van der Waals surface area contributed by atoms with Crippen LogP contribution in [0.15, 0.2) is 24.3 Å². The number of hydrogen-bond donors (Lipinski definition) is 2. The fourth-order valence-corrected chi connectivity index (χ4v) is 1.76. The highest BCUT2D eigenvalue weighted by Gasteiger charge is 2.12. The highest BCUT2D eigenvalue weighted by Crippen LogP contribution is 2.16. The van der Waals surface area contributed by atoms with Crippen molar-refractivity contribution in [3.8, 4) is 0 Å². The molecule has 0 atom stereocenters. The zero-order valence-corrected chi connectivity index (χ0v) is 11.4. The third kappa shape index (κ3) is 5.98. The van der Waals surface area contributed by atoms with Gasteiger partial charge in [0.25, 0.3) is 6.43 Å². The number of aliphatic hydroxyl groups excluding tert-OH is 1. The summed E-state index contributed by atoms with van der Waals surface area (Å²) < 4.78 is 24.9. The molecule has 1 aromatic carbocycles. The third-order valence-corrected chi connectivity index (χ3v) is 2.74. The second kappa shape index (κ2) is 8.07. The number of alkyl halides is 2. The van der Waals surface area contributed by atoms with E-state index in [1.54, 1.807) is 0 Å². The van der Waals surface area contributed by atoms with Gasteiger partial charge in [-0.15, -0.1) is 0 Å². The molecule has 0 radical (unpaired) electrons. The minimum absolute atomic E-state index is 0.136. The average molecular weight is 272 g/mol. The molecular formula is C14H22F2N2O. The van der Waals surface area contributed by atoms with Gasteiger partial charge in [-0.2, -0.15) is 0 Å². The van der Waals surface area contributed by atoms with Crippen LogP contribution in [0.5, 0.6) is 0 Å². The Morgan fingerprint density at radius 2 is 1.84 bits per heavy atom. The molecule has 0 heterocycles. The highest BCUT2D eigenvalue weighted by atomic mass is 19.3. The summed E-state index contributed by atoms with van der Waals surface area (Å²) in [4.78, 5) is 1.49. The van der Waals surface area contributed by atoms with Gasteiger partial charge in [0.2, 0.25) is 0 Å². The summed E-state index contributed by atoms with van der Waals surface area (Å²) in [5.74, 6) is 0. The van der Waals surface area contributed by atoms with E-state index in [4.69, 9.17) is 5.11 Å². The van der Waals surface area contributed by atoms with Gasteiger partial charge in [-0.3, -0.25) is 0 Å². The van der Waals surface area contributed by atoms with Crippen molar-refractivity contribution >= 4 is 5.69 Å². The maximum absolute atomic E-state index is 12.4. The van der Waals surface area contributed by atoms with Gasteiger partial charge in [-0.05, 0) is 17.7 Å². The SMILES string of the molecule is CC(C)NCc1ccc(N(CCO)CC(F)F)cc1. The first-order valence-corrected chi connectivity index (χ1v) is 6.49. The van der Waals surface area contributed by atoms with Crippen LogP contribution in [0.1, 0.15) is 19.4 Å². The predicted molar refractivity (Wildman–Crippen MR) is 73.7 cm³/mol. The molecule has 1 aromatic rings. The maximum atomic E-state index is 12.4. The van der Waals surface area contributed by atoms with Gasteiger partial charge in [0.1, 0.15) is 0 Å². The molecule has 2 N–H and O–H groups in total. The molecule has 108 valence electrons. The van der Waals surface area contributed by atoms with Gasteiger partial charge in [0.05, 0.1) is 13.2 Å². The molecule has 5 heteroatoms. The van der Waals surface area contributed by atoms with E-state index < -0.39 is 6.43 Å². The smallest absolute Gasteiger partial charge is 0.255 e. The second-order valence-electron chi connectivity index (χ2n) is 4.76. The molecular weight excluding hydrogens is 250 g/mol. The van der Waals surface area contributed by atoms with Gasteiger partial charge >= 0.3 is 0 Å². The lowest BCUT2D eigenvalue weighted by Gasteiger charge is -2.23. The zero-order chi connectivity index (χ0) is 14.3. The molecule has 0 saturated heterocycles. The number of anilines is 1. The second-order valence-corrected chi connectivity index (χ2v) is 4.76. The topological polar surface area (TPSA) is 35.5 Å². The normalized spacial score (nSPS) is 11.3. The van der Waals surface area contributed by atoms with Gasteiger partial charge < -0.3 is 15.3 Å². The summed E-state index contributed by atoms with van der Waals surface area (Å²) >= 11 is 0. The van der Waals surface area contributed by atoms with Gasteiger partial charge in [0, 0.05) is 24.8 Å². The molecule has 0 bridgehead atoms. The van der Waals surface area contributed by atoms with Crippen molar-refractivity contribution in [1.29, 1.82) is 0 Å². The molecule has 0 aliphatic heterocycles. The van der Waals surface area contributed by atoms with Crippen molar-refractivity contribution in [2.24, 2.45) is 0 Å². The zero-order valence-electron chi connectivity index (χ0n) is 11.4. The van der Waals surface area contributed by atoms with Crippen molar-refractivity contribution in [1.82, 2.24) is 5.32 Å². The van der Waals surface area contributed by atoms with Crippen molar-refractivity contribution < 1.29 is 13.9 Å². The van der Waals surface area contributed by atoms with Crippen molar-refractivity contribution in [3.63, 3.8) is 0 Å². The molecule has 1 rings (SSSR count). The molecule has 0 aliphatic carbocycles. The van der Waals surface area contributed by atoms with E-state index >= 15 is 0 Å². The first kappa shape index (κ1) is 15.9. The lowest BCUT2D eigenvalue weighted by molar-refractivity contribution is 0.153.